The van der Waals surface area contributed by atoms with Gasteiger partial charge >= 0.3 is 5.97 Å². The first-order valence-corrected chi connectivity index (χ1v) is 6.45. The minimum atomic E-state index is -1.48. The molecule has 19 heavy (non-hydrogen) atoms. The second-order valence-electron chi connectivity index (χ2n) is 3.85. The molecule has 0 atom stereocenters. The van der Waals surface area contributed by atoms with Crippen molar-refractivity contribution >= 4 is 23.0 Å². The van der Waals surface area contributed by atoms with Crippen LogP contribution in [0.3, 0.4) is 0 Å². The number of carboxylic acid groups (broad SMARTS) is 1. The normalized spacial score (nSPS) is 10.4. The summed E-state index contributed by atoms with van der Waals surface area (Å²) >= 11 is 1.59. The van der Waals surface area contributed by atoms with E-state index in [1.54, 1.807) is 11.3 Å². The number of anilines is 1. The Kier molecular flexibility index (Phi) is 4.11. The minimum absolute atomic E-state index is 0.0287. The van der Waals surface area contributed by atoms with Crippen molar-refractivity contribution in [3.05, 3.63) is 51.7 Å². The molecular weight excluding hydrogens is 272 g/mol. The Balaban J connectivity index is 2.05. The van der Waals surface area contributed by atoms with Gasteiger partial charge in [-0.2, -0.15) is 0 Å². The fourth-order valence-electron chi connectivity index (χ4n) is 1.63. The third-order valence-corrected chi connectivity index (χ3v) is 3.52. The van der Waals surface area contributed by atoms with E-state index in [-0.39, 0.29) is 5.69 Å². The number of rotatable bonds is 5. The SMILES string of the molecule is O=C(O)c1ccc(NCCc2cccs2)c(F)c1F. The van der Waals surface area contributed by atoms with E-state index in [0.29, 0.717) is 13.0 Å². The highest BCUT2D eigenvalue weighted by Crippen LogP contribution is 2.21. The highest BCUT2D eigenvalue weighted by Gasteiger charge is 2.17. The van der Waals surface area contributed by atoms with Crippen LogP contribution in [0.15, 0.2) is 29.6 Å². The summed E-state index contributed by atoms with van der Waals surface area (Å²) in [5.74, 6) is -3.98. The lowest BCUT2D eigenvalue weighted by atomic mass is 10.2. The van der Waals surface area contributed by atoms with E-state index in [9.17, 15) is 13.6 Å². The maximum Gasteiger partial charge on any atom is 0.338 e. The van der Waals surface area contributed by atoms with E-state index in [0.717, 1.165) is 10.9 Å². The van der Waals surface area contributed by atoms with Gasteiger partial charge in [-0.15, -0.1) is 11.3 Å². The zero-order chi connectivity index (χ0) is 13.8. The molecule has 2 N–H and O–H groups in total. The van der Waals surface area contributed by atoms with Crippen LogP contribution in [0.2, 0.25) is 0 Å². The van der Waals surface area contributed by atoms with E-state index in [4.69, 9.17) is 5.11 Å². The van der Waals surface area contributed by atoms with Gasteiger partial charge in [-0.1, -0.05) is 6.07 Å². The van der Waals surface area contributed by atoms with Gasteiger partial charge in [-0.3, -0.25) is 0 Å². The molecule has 0 aliphatic heterocycles. The molecule has 0 saturated heterocycles. The van der Waals surface area contributed by atoms with Gasteiger partial charge in [-0.05, 0) is 30.0 Å². The molecule has 1 heterocycles. The average molecular weight is 283 g/mol. The quantitative estimate of drug-likeness (QED) is 0.884. The monoisotopic (exact) mass is 283 g/mol. The summed E-state index contributed by atoms with van der Waals surface area (Å²) in [7, 11) is 0. The van der Waals surface area contributed by atoms with E-state index in [1.807, 2.05) is 17.5 Å². The number of thiophene rings is 1. The number of halogens is 2. The van der Waals surface area contributed by atoms with Crippen LogP contribution in [-0.4, -0.2) is 17.6 Å². The zero-order valence-electron chi connectivity index (χ0n) is 9.82. The number of carboxylic acids is 1. The molecule has 0 saturated carbocycles. The molecule has 2 aromatic rings. The number of carbonyl (C=O) groups is 1. The second kappa shape index (κ2) is 5.79. The molecule has 3 nitrogen and oxygen atoms in total. The van der Waals surface area contributed by atoms with Crippen LogP contribution in [0.4, 0.5) is 14.5 Å². The van der Waals surface area contributed by atoms with Crippen LogP contribution in [0.5, 0.6) is 0 Å². The zero-order valence-corrected chi connectivity index (χ0v) is 10.6. The van der Waals surface area contributed by atoms with Crippen LogP contribution in [0.1, 0.15) is 15.2 Å². The van der Waals surface area contributed by atoms with E-state index >= 15 is 0 Å². The van der Waals surface area contributed by atoms with Crippen molar-refractivity contribution < 1.29 is 18.7 Å². The predicted octanol–water partition coefficient (Wildman–Crippen LogP) is 3.38. The molecule has 2 rings (SSSR count). The van der Waals surface area contributed by atoms with E-state index in [1.165, 1.54) is 6.07 Å². The number of hydrogen-bond acceptors (Lipinski definition) is 3. The van der Waals surface area contributed by atoms with Crippen molar-refractivity contribution in [1.29, 1.82) is 0 Å². The summed E-state index contributed by atoms with van der Waals surface area (Å²) in [5, 5.41) is 13.4. The van der Waals surface area contributed by atoms with Gasteiger partial charge in [0.05, 0.1) is 11.3 Å². The molecule has 0 radical (unpaired) electrons. The Morgan fingerprint density at radius 2 is 2.05 bits per heavy atom. The Bertz CT molecular complexity index is 585. The molecule has 0 bridgehead atoms. The number of nitrogens with one attached hydrogen (secondary N) is 1. The highest BCUT2D eigenvalue weighted by molar-refractivity contribution is 7.09. The molecule has 0 fully saturated rings. The first-order valence-electron chi connectivity index (χ1n) is 5.57. The van der Waals surface area contributed by atoms with Gasteiger partial charge in [0.15, 0.2) is 11.6 Å². The van der Waals surface area contributed by atoms with Gasteiger partial charge < -0.3 is 10.4 Å². The number of hydrogen-bond donors (Lipinski definition) is 2. The van der Waals surface area contributed by atoms with Crippen LogP contribution < -0.4 is 5.32 Å². The summed E-state index contributed by atoms with van der Waals surface area (Å²) in [5.41, 5.74) is -0.694. The van der Waals surface area contributed by atoms with Gasteiger partial charge in [0.1, 0.15) is 0 Å². The van der Waals surface area contributed by atoms with Crippen molar-refractivity contribution in [2.24, 2.45) is 0 Å². The summed E-state index contributed by atoms with van der Waals surface area (Å²) in [6, 6.07) is 6.16. The average Bonchev–Trinajstić information content (AvgIpc) is 2.87. The maximum absolute atomic E-state index is 13.6. The lowest BCUT2D eigenvalue weighted by molar-refractivity contribution is 0.0690. The smallest absolute Gasteiger partial charge is 0.338 e. The molecule has 1 aromatic carbocycles. The van der Waals surface area contributed by atoms with Crippen molar-refractivity contribution in [1.82, 2.24) is 0 Å². The second-order valence-corrected chi connectivity index (χ2v) is 4.88. The van der Waals surface area contributed by atoms with Gasteiger partial charge in [0.2, 0.25) is 0 Å². The highest BCUT2D eigenvalue weighted by atomic mass is 32.1. The Morgan fingerprint density at radius 3 is 2.68 bits per heavy atom. The fourth-order valence-corrected chi connectivity index (χ4v) is 2.34. The summed E-state index contributed by atoms with van der Waals surface area (Å²) in [4.78, 5) is 11.8. The predicted molar refractivity (Wildman–Crippen MR) is 69.8 cm³/mol. The van der Waals surface area contributed by atoms with Gasteiger partial charge in [0, 0.05) is 11.4 Å². The lowest BCUT2D eigenvalue weighted by Gasteiger charge is -2.08. The first kappa shape index (κ1) is 13.5. The van der Waals surface area contributed by atoms with Crippen molar-refractivity contribution in [2.45, 2.75) is 6.42 Å². The molecule has 0 unspecified atom stereocenters. The third kappa shape index (κ3) is 3.08. The first-order chi connectivity index (χ1) is 9.09. The fraction of sp³-hybridized carbons (Fsp3) is 0.154. The Labute approximate surface area is 112 Å². The maximum atomic E-state index is 13.6. The number of benzene rings is 1. The van der Waals surface area contributed by atoms with E-state index < -0.39 is 23.2 Å². The number of aromatic carboxylic acids is 1. The molecule has 6 heteroatoms. The topological polar surface area (TPSA) is 49.3 Å². The molecular formula is C13H11F2NO2S. The molecule has 100 valence electrons. The van der Waals surface area contributed by atoms with Crippen LogP contribution in [-0.2, 0) is 6.42 Å². The van der Waals surface area contributed by atoms with Crippen LogP contribution in [0, 0.1) is 11.6 Å². The van der Waals surface area contributed by atoms with Crippen LogP contribution >= 0.6 is 11.3 Å². The standard InChI is InChI=1S/C13H11F2NO2S/c14-11-9(13(17)18)3-4-10(12(11)15)16-6-5-8-2-1-7-19-8/h1-4,7,16H,5-6H2,(H,17,18). The summed E-state index contributed by atoms with van der Waals surface area (Å²) < 4.78 is 27.0. The third-order valence-electron chi connectivity index (χ3n) is 2.58. The summed E-state index contributed by atoms with van der Waals surface area (Å²) in [6.45, 7) is 0.448. The Hall–Kier alpha value is -1.95. The van der Waals surface area contributed by atoms with E-state index in [2.05, 4.69) is 5.32 Å². The van der Waals surface area contributed by atoms with Crippen LogP contribution in [0.25, 0.3) is 0 Å². The van der Waals surface area contributed by atoms with Crippen molar-refractivity contribution in [3.63, 3.8) is 0 Å². The largest absolute Gasteiger partial charge is 0.478 e. The summed E-state index contributed by atoms with van der Waals surface area (Å²) in [6.07, 6.45) is 0.694. The molecule has 0 aliphatic rings. The lowest BCUT2D eigenvalue weighted by Crippen LogP contribution is -2.09. The molecule has 1 aromatic heterocycles. The molecule has 0 spiro atoms. The Morgan fingerprint density at radius 1 is 1.26 bits per heavy atom. The van der Waals surface area contributed by atoms with Gasteiger partial charge in [0.25, 0.3) is 0 Å². The minimum Gasteiger partial charge on any atom is -0.478 e. The molecule has 0 aliphatic carbocycles. The van der Waals surface area contributed by atoms with Crippen molar-refractivity contribution in [2.75, 3.05) is 11.9 Å². The molecule has 0 amide bonds. The van der Waals surface area contributed by atoms with Gasteiger partial charge in [-0.25, -0.2) is 13.6 Å². The van der Waals surface area contributed by atoms with Crippen molar-refractivity contribution in [3.8, 4) is 0 Å².